The lowest BCUT2D eigenvalue weighted by Crippen LogP contribution is -2.32. The summed E-state index contributed by atoms with van der Waals surface area (Å²) >= 11 is 0. The van der Waals surface area contributed by atoms with Crippen LogP contribution in [0.15, 0.2) is 78.9 Å². The Hall–Kier alpha value is -3.00. The van der Waals surface area contributed by atoms with Gasteiger partial charge in [0.1, 0.15) is 0 Å². The van der Waals surface area contributed by atoms with Gasteiger partial charge >= 0.3 is 0 Å². The van der Waals surface area contributed by atoms with Gasteiger partial charge in [0, 0.05) is 12.2 Å². The highest BCUT2D eigenvalue weighted by Crippen LogP contribution is 2.19. The van der Waals surface area contributed by atoms with Crippen LogP contribution in [0.25, 0.3) is 11.1 Å². The first kappa shape index (κ1) is 24.6. The fourth-order valence-electron chi connectivity index (χ4n) is 3.29. The largest absolute Gasteiger partial charge is 0.396 e. The van der Waals surface area contributed by atoms with E-state index >= 15 is 0 Å². The molecule has 2 N–H and O–H groups in total. The van der Waals surface area contributed by atoms with Gasteiger partial charge in [0.15, 0.2) is 0 Å². The average molecular weight is 468 g/mol. The fourth-order valence-corrected chi connectivity index (χ4v) is 4.38. The zero-order valence-electron chi connectivity index (χ0n) is 18.4. The van der Waals surface area contributed by atoms with Crippen molar-refractivity contribution in [2.75, 3.05) is 12.4 Å². The quantitative estimate of drug-likeness (QED) is 0.388. The van der Waals surface area contributed by atoms with Gasteiger partial charge < -0.3 is 9.84 Å². The molecule has 0 heterocycles. The Balaban J connectivity index is 1.45. The summed E-state index contributed by atoms with van der Waals surface area (Å²) in [5, 5.41) is 8.75. The molecular formula is C26H29NO5S. The highest BCUT2D eigenvalue weighted by molar-refractivity contribution is 7.90. The van der Waals surface area contributed by atoms with Crippen LogP contribution < -0.4 is 4.72 Å². The Kier molecular flexibility index (Phi) is 9.18. The Morgan fingerprint density at radius 1 is 0.758 bits per heavy atom. The summed E-state index contributed by atoms with van der Waals surface area (Å²) in [5.74, 6) is -0.792. The first-order valence-corrected chi connectivity index (χ1v) is 12.6. The number of carbonyl (C=O) groups is 1. The number of carbonyl (C=O) groups excluding carboxylic acids is 1. The number of nitrogens with one attached hydrogen (secondary N) is 1. The van der Waals surface area contributed by atoms with Crippen molar-refractivity contribution in [1.29, 1.82) is 0 Å². The lowest BCUT2D eigenvalue weighted by Gasteiger charge is -2.09. The predicted octanol–water partition coefficient (Wildman–Crippen LogP) is 4.29. The Bertz CT molecular complexity index is 1110. The van der Waals surface area contributed by atoms with Gasteiger partial charge in [-0.25, -0.2) is 13.1 Å². The molecule has 0 unspecified atom stereocenters. The molecule has 174 valence electrons. The Labute approximate surface area is 195 Å². The van der Waals surface area contributed by atoms with E-state index in [2.05, 4.69) is 29.0 Å². The molecule has 1 amide bonds. The van der Waals surface area contributed by atoms with Crippen molar-refractivity contribution in [2.24, 2.45) is 0 Å². The number of hydrogen-bond acceptors (Lipinski definition) is 5. The molecule has 0 aliphatic rings. The summed E-state index contributed by atoms with van der Waals surface area (Å²) in [6.45, 7) is 0.875. The molecule has 0 spiro atoms. The van der Waals surface area contributed by atoms with E-state index in [1.165, 1.54) is 5.56 Å². The summed E-state index contributed by atoms with van der Waals surface area (Å²) in [7, 11) is -3.69. The van der Waals surface area contributed by atoms with E-state index in [4.69, 9.17) is 9.84 Å². The van der Waals surface area contributed by atoms with E-state index in [1.54, 1.807) is 24.3 Å². The van der Waals surface area contributed by atoms with Gasteiger partial charge in [0.25, 0.3) is 5.91 Å². The van der Waals surface area contributed by atoms with Gasteiger partial charge in [-0.15, -0.1) is 0 Å². The molecule has 6 nitrogen and oxygen atoms in total. The van der Waals surface area contributed by atoms with Crippen LogP contribution >= 0.6 is 0 Å². The van der Waals surface area contributed by atoms with Gasteiger partial charge in [0.2, 0.25) is 10.0 Å². The van der Waals surface area contributed by atoms with E-state index in [9.17, 15) is 13.2 Å². The summed E-state index contributed by atoms with van der Waals surface area (Å²) in [4.78, 5) is 12.2. The molecular weight excluding hydrogens is 438 g/mol. The first-order chi connectivity index (χ1) is 16.0. The Morgan fingerprint density at radius 3 is 1.94 bits per heavy atom. The third kappa shape index (κ3) is 8.13. The minimum Gasteiger partial charge on any atom is -0.396 e. The molecule has 0 radical (unpaired) electrons. The maximum Gasteiger partial charge on any atom is 0.264 e. The van der Waals surface area contributed by atoms with Gasteiger partial charge in [-0.05, 0) is 47.2 Å². The zero-order chi connectivity index (χ0) is 23.5. The molecule has 0 aliphatic heterocycles. The van der Waals surface area contributed by atoms with Crippen LogP contribution in [0.5, 0.6) is 0 Å². The second-order valence-electron chi connectivity index (χ2n) is 7.79. The van der Waals surface area contributed by atoms with Crippen molar-refractivity contribution < 1.29 is 23.1 Å². The molecule has 0 aliphatic carbocycles. The number of ether oxygens (including phenoxy) is 1. The number of amides is 1. The smallest absolute Gasteiger partial charge is 0.264 e. The molecule has 3 aromatic rings. The number of benzene rings is 3. The fraction of sp³-hybridized carbons (Fsp3) is 0.269. The molecule has 0 bridgehead atoms. The van der Waals surface area contributed by atoms with Crippen molar-refractivity contribution in [1.82, 2.24) is 4.72 Å². The van der Waals surface area contributed by atoms with Crippen LogP contribution in [0.2, 0.25) is 0 Å². The van der Waals surface area contributed by atoms with E-state index in [1.807, 2.05) is 30.3 Å². The van der Waals surface area contributed by atoms with Crippen LogP contribution in [0, 0.1) is 0 Å². The van der Waals surface area contributed by atoms with Crippen molar-refractivity contribution in [3.8, 4) is 11.1 Å². The number of aliphatic hydroxyl groups excluding tert-OH is 1. The summed E-state index contributed by atoms with van der Waals surface area (Å²) in [5.41, 5.74) is 4.55. The first-order valence-electron chi connectivity index (χ1n) is 10.9. The standard InChI is InChI=1S/C26H29NO5S/c28-17-5-2-6-18-33(30,31)27-26(29)25-15-11-22(12-16-25)20-32-19-21-9-13-24(14-10-21)23-7-3-1-4-8-23/h1,3-4,7-16,28H,2,5-6,17-20H2,(H,27,29). The lowest BCUT2D eigenvalue weighted by atomic mass is 10.0. The molecule has 3 rings (SSSR count). The van der Waals surface area contributed by atoms with Crippen LogP contribution in [-0.4, -0.2) is 31.8 Å². The van der Waals surface area contributed by atoms with Gasteiger partial charge in [0.05, 0.1) is 19.0 Å². The van der Waals surface area contributed by atoms with Gasteiger partial charge in [-0.3, -0.25) is 4.79 Å². The number of aliphatic hydroxyl groups is 1. The summed E-state index contributed by atoms with van der Waals surface area (Å²) in [6.07, 6.45) is 1.54. The SMILES string of the molecule is O=C(NS(=O)(=O)CCCCCO)c1ccc(COCc2ccc(-c3ccccc3)cc2)cc1. The number of sulfonamides is 1. The minimum atomic E-state index is -3.69. The third-order valence-electron chi connectivity index (χ3n) is 5.13. The molecule has 0 aromatic heterocycles. The van der Waals surface area contributed by atoms with Crippen molar-refractivity contribution in [3.63, 3.8) is 0 Å². The second-order valence-corrected chi connectivity index (χ2v) is 9.63. The topological polar surface area (TPSA) is 92.7 Å². The maximum absolute atomic E-state index is 12.2. The third-order valence-corrected chi connectivity index (χ3v) is 6.46. The van der Waals surface area contributed by atoms with Crippen LogP contribution in [0.1, 0.15) is 40.7 Å². The normalized spacial score (nSPS) is 11.3. The summed E-state index contributed by atoms with van der Waals surface area (Å²) < 4.78 is 31.9. The lowest BCUT2D eigenvalue weighted by molar-refractivity contribution is 0.0980. The second kappa shape index (κ2) is 12.3. The highest BCUT2D eigenvalue weighted by Gasteiger charge is 2.15. The molecule has 0 fully saturated rings. The molecule has 0 atom stereocenters. The number of unbranched alkanes of at least 4 members (excludes halogenated alkanes) is 2. The molecule has 33 heavy (non-hydrogen) atoms. The molecule has 0 saturated carbocycles. The van der Waals surface area contributed by atoms with Gasteiger partial charge in [-0.2, -0.15) is 0 Å². The monoisotopic (exact) mass is 467 g/mol. The highest BCUT2D eigenvalue weighted by atomic mass is 32.2. The Morgan fingerprint density at radius 2 is 1.33 bits per heavy atom. The van der Waals surface area contributed by atoms with Crippen molar-refractivity contribution >= 4 is 15.9 Å². The van der Waals surface area contributed by atoms with Gasteiger partial charge in [-0.1, -0.05) is 73.2 Å². The van der Waals surface area contributed by atoms with E-state index < -0.39 is 15.9 Å². The van der Waals surface area contributed by atoms with E-state index in [0.29, 0.717) is 32.5 Å². The molecule has 7 heteroatoms. The van der Waals surface area contributed by atoms with E-state index in [-0.39, 0.29) is 17.9 Å². The molecule has 0 saturated heterocycles. The zero-order valence-corrected chi connectivity index (χ0v) is 19.3. The molecule has 3 aromatic carbocycles. The number of rotatable bonds is 12. The minimum absolute atomic E-state index is 0.0308. The van der Waals surface area contributed by atoms with Crippen LogP contribution in [0.3, 0.4) is 0 Å². The van der Waals surface area contributed by atoms with E-state index in [0.717, 1.165) is 16.7 Å². The number of hydrogen-bond donors (Lipinski definition) is 2. The predicted molar refractivity (Wildman–Crippen MR) is 129 cm³/mol. The van der Waals surface area contributed by atoms with Crippen molar-refractivity contribution in [3.05, 3.63) is 95.6 Å². The summed E-state index contributed by atoms with van der Waals surface area (Å²) in [6, 6.07) is 25.1. The maximum atomic E-state index is 12.2. The van der Waals surface area contributed by atoms with Crippen LogP contribution in [0.4, 0.5) is 0 Å². The van der Waals surface area contributed by atoms with Crippen molar-refractivity contribution in [2.45, 2.75) is 32.5 Å². The average Bonchev–Trinajstić information content (AvgIpc) is 2.83. The van der Waals surface area contributed by atoms with Crippen LogP contribution in [-0.2, 0) is 28.0 Å².